The molecule has 0 aromatic rings. The van der Waals surface area contributed by atoms with Crippen molar-refractivity contribution in [3.05, 3.63) is 0 Å². The fourth-order valence-electron chi connectivity index (χ4n) is 1.44. The summed E-state index contributed by atoms with van der Waals surface area (Å²) in [5, 5.41) is 6.17. The number of nitrogens with one attached hydrogen (secondary N) is 2. The largest absolute Gasteiger partial charge is 0.372 e. The number of piperidine rings is 1. The summed E-state index contributed by atoms with van der Waals surface area (Å²) in [6.45, 7) is 4.62. The van der Waals surface area contributed by atoms with Gasteiger partial charge in [0.2, 0.25) is 5.91 Å². The molecule has 0 spiro atoms. The molecule has 1 aliphatic rings. The summed E-state index contributed by atoms with van der Waals surface area (Å²) in [5.74, 6) is -0.00412. The topological polar surface area (TPSA) is 50.4 Å². The molecule has 0 aromatic carbocycles. The molecule has 0 aromatic heterocycles. The Bertz CT molecular complexity index is 156. The van der Waals surface area contributed by atoms with Crippen LogP contribution in [0.15, 0.2) is 0 Å². The molecule has 4 nitrogen and oxygen atoms in total. The highest BCUT2D eigenvalue weighted by Gasteiger charge is 2.14. The lowest BCUT2D eigenvalue weighted by atomic mass is 10.1. The summed E-state index contributed by atoms with van der Waals surface area (Å²) in [4.78, 5) is 11.2. The molecule has 1 atom stereocenters. The molecule has 2 N–H and O–H groups in total. The van der Waals surface area contributed by atoms with Crippen LogP contribution in [0.3, 0.4) is 0 Å². The van der Waals surface area contributed by atoms with Crippen molar-refractivity contribution in [3.8, 4) is 0 Å². The fourth-order valence-corrected chi connectivity index (χ4v) is 1.44. The Balaban J connectivity index is 2.11. The molecule has 1 aliphatic heterocycles. The van der Waals surface area contributed by atoms with Gasteiger partial charge in [-0.1, -0.05) is 0 Å². The maximum absolute atomic E-state index is 11.2. The molecule has 0 bridgehead atoms. The van der Waals surface area contributed by atoms with Crippen molar-refractivity contribution >= 4 is 5.91 Å². The van der Waals surface area contributed by atoms with Crippen molar-refractivity contribution in [1.82, 2.24) is 10.6 Å². The van der Waals surface area contributed by atoms with Crippen molar-refractivity contribution in [1.29, 1.82) is 0 Å². The fraction of sp³-hybridized carbons (Fsp3) is 0.889. The molecule has 0 radical (unpaired) electrons. The number of hydrogen-bond donors (Lipinski definition) is 2. The van der Waals surface area contributed by atoms with Crippen molar-refractivity contribution < 1.29 is 9.53 Å². The van der Waals surface area contributed by atoms with Gasteiger partial charge in [-0.25, -0.2) is 0 Å². The van der Waals surface area contributed by atoms with E-state index in [0.29, 0.717) is 12.6 Å². The second kappa shape index (κ2) is 5.94. The molecule has 4 heteroatoms. The van der Waals surface area contributed by atoms with Gasteiger partial charge in [-0.3, -0.25) is 4.79 Å². The van der Waals surface area contributed by atoms with Gasteiger partial charge >= 0.3 is 0 Å². The average molecular weight is 186 g/mol. The number of hydrogen-bond acceptors (Lipinski definition) is 3. The van der Waals surface area contributed by atoms with Gasteiger partial charge in [0.05, 0.1) is 0 Å². The minimum absolute atomic E-state index is 0.00412. The van der Waals surface area contributed by atoms with Crippen LogP contribution in [0.1, 0.15) is 19.8 Å². The Morgan fingerprint density at radius 3 is 3.15 bits per heavy atom. The van der Waals surface area contributed by atoms with Crippen molar-refractivity contribution in [2.45, 2.75) is 25.8 Å². The highest BCUT2D eigenvalue weighted by Crippen LogP contribution is 2.00. The first-order chi connectivity index (χ1) is 6.33. The monoisotopic (exact) mass is 186 g/mol. The zero-order valence-corrected chi connectivity index (χ0v) is 8.14. The summed E-state index contributed by atoms with van der Waals surface area (Å²) < 4.78 is 5.00. The third-order valence-corrected chi connectivity index (χ3v) is 2.10. The molecule has 1 unspecified atom stereocenters. The summed E-state index contributed by atoms with van der Waals surface area (Å²) >= 11 is 0. The van der Waals surface area contributed by atoms with Crippen LogP contribution in [0, 0.1) is 0 Å². The van der Waals surface area contributed by atoms with E-state index in [4.69, 9.17) is 4.74 Å². The third kappa shape index (κ3) is 4.24. The predicted octanol–water partition coefficient (Wildman–Crippen LogP) is -0.109. The Morgan fingerprint density at radius 1 is 1.69 bits per heavy atom. The first-order valence-electron chi connectivity index (χ1n) is 4.90. The van der Waals surface area contributed by atoms with Crippen LogP contribution in [0.5, 0.6) is 0 Å². The van der Waals surface area contributed by atoms with E-state index in [0.717, 1.165) is 25.9 Å². The second-order valence-corrected chi connectivity index (χ2v) is 3.25. The van der Waals surface area contributed by atoms with Crippen LogP contribution >= 0.6 is 0 Å². The van der Waals surface area contributed by atoms with Crippen LogP contribution in [0.25, 0.3) is 0 Å². The van der Waals surface area contributed by atoms with Gasteiger partial charge in [0.1, 0.15) is 6.61 Å². The molecule has 0 aliphatic carbocycles. The zero-order valence-electron chi connectivity index (χ0n) is 8.14. The Hall–Kier alpha value is -0.610. The smallest absolute Gasteiger partial charge is 0.246 e. The standard InChI is InChI=1S/C9H18N2O2/c1-2-13-7-9(12)11-8-4-3-5-10-6-8/h8,10H,2-7H2,1H3,(H,11,12). The number of carbonyl (C=O) groups excluding carboxylic acids is 1. The van der Waals surface area contributed by atoms with E-state index < -0.39 is 0 Å². The van der Waals surface area contributed by atoms with Crippen molar-refractivity contribution in [2.24, 2.45) is 0 Å². The summed E-state index contributed by atoms with van der Waals surface area (Å²) in [6.07, 6.45) is 2.21. The molecule has 13 heavy (non-hydrogen) atoms. The molecule has 1 heterocycles. The molecule has 1 rings (SSSR count). The van der Waals surface area contributed by atoms with Gasteiger partial charge < -0.3 is 15.4 Å². The van der Waals surface area contributed by atoms with Crippen molar-refractivity contribution in [3.63, 3.8) is 0 Å². The molecule has 1 fully saturated rings. The lowest BCUT2D eigenvalue weighted by Crippen LogP contribution is -2.46. The second-order valence-electron chi connectivity index (χ2n) is 3.25. The lowest BCUT2D eigenvalue weighted by Gasteiger charge is -2.23. The Labute approximate surface area is 79.0 Å². The predicted molar refractivity (Wildman–Crippen MR) is 50.5 cm³/mol. The first-order valence-corrected chi connectivity index (χ1v) is 4.90. The molecule has 1 saturated heterocycles. The van der Waals surface area contributed by atoms with E-state index in [9.17, 15) is 4.79 Å². The van der Waals surface area contributed by atoms with E-state index >= 15 is 0 Å². The van der Waals surface area contributed by atoms with E-state index in [-0.39, 0.29) is 12.5 Å². The summed E-state index contributed by atoms with van der Waals surface area (Å²) in [6, 6.07) is 0.293. The van der Waals surface area contributed by atoms with Crippen LogP contribution in [0.2, 0.25) is 0 Å². The number of carbonyl (C=O) groups is 1. The van der Waals surface area contributed by atoms with Crippen LogP contribution in [-0.2, 0) is 9.53 Å². The van der Waals surface area contributed by atoms with Gasteiger partial charge in [-0.05, 0) is 26.3 Å². The van der Waals surface area contributed by atoms with E-state index in [1.807, 2.05) is 6.92 Å². The highest BCUT2D eigenvalue weighted by atomic mass is 16.5. The average Bonchev–Trinajstić information content (AvgIpc) is 2.16. The number of rotatable bonds is 4. The minimum Gasteiger partial charge on any atom is -0.372 e. The summed E-state index contributed by atoms with van der Waals surface area (Å²) in [5.41, 5.74) is 0. The third-order valence-electron chi connectivity index (χ3n) is 2.10. The minimum atomic E-state index is -0.00412. The van der Waals surface area contributed by atoms with E-state index in [1.54, 1.807) is 0 Å². The SMILES string of the molecule is CCOCC(=O)NC1CCCNC1. The van der Waals surface area contributed by atoms with Crippen LogP contribution in [-0.4, -0.2) is 38.3 Å². The van der Waals surface area contributed by atoms with Gasteiger partial charge in [0.25, 0.3) is 0 Å². The Morgan fingerprint density at radius 2 is 2.54 bits per heavy atom. The van der Waals surface area contributed by atoms with E-state index in [1.165, 1.54) is 0 Å². The lowest BCUT2D eigenvalue weighted by molar-refractivity contribution is -0.126. The number of amides is 1. The van der Waals surface area contributed by atoms with Crippen molar-refractivity contribution in [2.75, 3.05) is 26.3 Å². The molecule has 0 saturated carbocycles. The van der Waals surface area contributed by atoms with E-state index in [2.05, 4.69) is 10.6 Å². The normalized spacial score (nSPS) is 22.7. The first kappa shape index (κ1) is 10.5. The highest BCUT2D eigenvalue weighted by molar-refractivity contribution is 5.77. The molecule has 76 valence electrons. The maximum atomic E-state index is 11.2. The molecular weight excluding hydrogens is 168 g/mol. The van der Waals surface area contributed by atoms with Crippen LogP contribution in [0.4, 0.5) is 0 Å². The molecular formula is C9H18N2O2. The van der Waals surface area contributed by atoms with Gasteiger partial charge in [0.15, 0.2) is 0 Å². The molecule has 1 amide bonds. The van der Waals surface area contributed by atoms with Crippen LogP contribution < -0.4 is 10.6 Å². The number of ether oxygens (including phenoxy) is 1. The van der Waals surface area contributed by atoms with Gasteiger partial charge in [-0.2, -0.15) is 0 Å². The Kier molecular flexibility index (Phi) is 4.78. The maximum Gasteiger partial charge on any atom is 0.246 e. The van der Waals surface area contributed by atoms with Gasteiger partial charge in [-0.15, -0.1) is 0 Å². The summed E-state index contributed by atoms with van der Waals surface area (Å²) in [7, 11) is 0. The quantitative estimate of drug-likeness (QED) is 0.644. The zero-order chi connectivity index (χ0) is 9.52. The van der Waals surface area contributed by atoms with Gasteiger partial charge in [0, 0.05) is 19.2 Å².